The lowest BCUT2D eigenvalue weighted by molar-refractivity contribution is -0.123. The second-order valence-electron chi connectivity index (χ2n) is 6.70. The highest BCUT2D eigenvalue weighted by Crippen LogP contribution is 2.15. The van der Waals surface area contributed by atoms with Crippen molar-refractivity contribution in [1.82, 2.24) is 15.8 Å². The molecule has 2 N–H and O–H groups in total. The Balaban J connectivity index is 1.80. The fraction of sp³-hybridized carbons (Fsp3) is 0.579. The van der Waals surface area contributed by atoms with Gasteiger partial charge < -0.3 is 4.90 Å². The van der Waals surface area contributed by atoms with E-state index in [9.17, 15) is 9.59 Å². The molecular weight excluding hydrogens is 316 g/mol. The number of likely N-dealkylation sites (tertiary alicyclic amines) is 1. The predicted molar refractivity (Wildman–Crippen MR) is 100 cm³/mol. The minimum atomic E-state index is -0.300. The number of hydrogen-bond acceptors (Lipinski definition) is 4. The van der Waals surface area contributed by atoms with Crippen molar-refractivity contribution in [2.24, 2.45) is 5.92 Å². The fourth-order valence-corrected chi connectivity index (χ4v) is 3.28. The number of carbonyl (C=O) groups is 2. The summed E-state index contributed by atoms with van der Waals surface area (Å²) in [5.41, 5.74) is 6.63. The van der Waals surface area contributed by atoms with Gasteiger partial charge in [-0.25, -0.2) is 0 Å². The van der Waals surface area contributed by atoms with Gasteiger partial charge in [0.15, 0.2) is 0 Å². The van der Waals surface area contributed by atoms with Gasteiger partial charge in [0, 0.05) is 30.9 Å². The van der Waals surface area contributed by atoms with Crippen LogP contribution in [0.5, 0.6) is 0 Å². The Bertz CT molecular complexity index is 569. The summed E-state index contributed by atoms with van der Waals surface area (Å²) in [4.78, 5) is 28.5. The largest absolute Gasteiger partial charge is 0.372 e. The molecule has 2 rings (SSSR count). The molecule has 0 aliphatic carbocycles. The van der Waals surface area contributed by atoms with Crippen molar-refractivity contribution in [3.8, 4) is 0 Å². The van der Waals surface area contributed by atoms with Gasteiger partial charge in [0.25, 0.3) is 11.8 Å². The number of hydrogen-bond donors (Lipinski definition) is 2. The summed E-state index contributed by atoms with van der Waals surface area (Å²) in [7, 11) is 0. The maximum absolute atomic E-state index is 12.2. The zero-order valence-corrected chi connectivity index (χ0v) is 15.5. The molecule has 0 saturated carbocycles. The predicted octanol–water partition coefficient (Wildman–Crippen LogP) is 2.03. The average Bonchev–Trinajstić information content (AvgIpc) is 2.61. The summed E-state index contributed by atoms with van der Waals surface area (Å²) in [5, 5.41) is 0. The van der Waals surface area contributed by atoms with Gasteiger partial charge in [-0.3, -0.25) is 25.3 Å². The van der Waals surface area contributed by atoms with Crippen molar-refractivity contribution in [1.29, 1.82) is 0 Å². The lowest BCUT2D eigenvalue weighted by atomic mass is 10.0. The standard InChI is InChI=1S/C19H30N4O2/c1-4-23(5-2)17-10-8-16(9-11-17)19(25)21-20-18(24)14-22-12-6-7-15(3)13-22/h8-11,15H,4-7,12-14H2,1-3H3,(H,20,24)(H,21,25). The van der Waals surface area contributed by atoms with E-state index in [-0.39, 0.29) is 11.8 Å². The van der Waals surface area contributed by atoms with Gasteiger partial charge in [0.1, 0.15) is 0 Å². The highest BCUT2D eigenvalue weighted by atomic mass is 16.2. The Kier molecular flexibility index (Phi) is 7.25. The second kappa shape index (κ2) is 9.42. The van der Waals surface area contributed by atoms with E-state index in [1.165, 1.54) is 6.42 Å². The molecule has 2 amide bonds. The van der Waals surface area contributed by atoms with E-state index < -0.39 is 0 Å². The molecule has 0 spiro atoms. The minimum Gasteiger partial charge on any atom is -0.372 e. The second-order valence-corrected chi connectivity index (χ2v) is 6.70. The van der Waals surface area contributed by atoms with Crippen molar-refractivity contribution >= 4 is 17.5 Å². The van der Waals surface area contributed by atoms with E-state index in [1.807, 2.05) is 12.1 Å². The van der Waals surface area contributed by atoms with Crippen molar-refractivity contribution in [3.05, 3.63) is 29.8 Å². The van der Waals surface area contributed by atoms with Crippen molar-refractivity contribution in [2.45, 2.75) is 33.6 Å². The SMILES string of the molecule is CCN(CC)c1ccc(C(=O)NNC(=O)CN2CCCC(C)C2)cc1. The molecule has 25 heavy (non-hydrogen) atoms. The summed E-state index contributed by atoms with van der Waals surface area (Å²) >= 11 is 0. The van der Waals surface area contributed by atoms with E-state index in [0.29, 0.717) is 18.0 Å². The van der Waals surface area contributed by atoms with Crippen LogP contribution in [0.4, 0.5) is 5.69 Å². The van der Waals surface area contributed by atoms with E-state index >= 15 is 0 Å². The molecule has 0 radical (unpaired) electrons. The minimum absolute atomic E-state index is 0.179. The highest BCUT2D eigenvalue weighted by Gasteiger charge is 2.18. The topological polar surface area (TPSA) is 64.7 Å². The van der Waals surface area contributed by atoms with Crippen LogP contribution >= 0.6 is 0 Å². The van der Waals surface area contributed by atoms with Gasteiger partial charge >= 0.3 is 0 Å². The normalized spacial score (nSPS) is 17.8. The van der Waals surface area contributed by atoms with Gasteiger partial charge in [-0.05, 0) is 63.4 Å². The van der Waals surface area contributed by atoms with Crippen LogP contribution in [-0.2, 0) is 4.79 Å². The van der Waals surface area contributed by atoms with Gasteiger partial charge in [-0.1, -0.05) is 6.92 Å². The van der Waals surface area contributed by atoms with Gasteiger partial charge in [-0.2, -0.15) is 0 Å². The Morgan fingerprint density at radius 2 is 1.84 bits per heavy atom. The summed E-state index contributed by atoms with van der Waals surface area (Å²) in [6.45, 7) is 10.5. The van der Waals surface area contributed by atoms with Crippen LogP contribution < -0.4 is 15.8 Å². The molecule has 1 aromatic rings. The molecule has 1 aromatic carbocycles. The van der Waals surface area contributed by atoms with Gasteiger partial charge in [-0.15, -0.1) is 0 Å². The summed E-state index contributed by atoms with van der Waals surface area (Å²) < 4.78 is 0. The number of carbonyl (C=O) groups excluding carboxylic acids is 2. The third-order valence-electron chi connectivity index (χ3n) is 4.68. The number of rotatable bonds is 6. The third kappa shape index (κ3) is 5.74. The lowest BCUT2D eigenvalue weighted by Gasteiger charge is -2.30. The van der Waals surface area contributed by atoms with E-state index in [0.717, 1.165) is 38.3 Å². The molecular formula is C19H30N4O2. The Hall–Kier alpha value is -2.08. The molecule has 138 valence electrons. The van der Waals surface area contributed by atoms with Crippen LogP contribution in [0, 0.1) is 5.92 Å². The van der Waals surface area contributed by atoms with Crippen LogP contribution in [0.1, 0.15) is 44.0 Å². The van der Waals surface area contributed by atoms with E-state index in [2.05, 4.69) is 41.4 Å². The number of anilines is 1. The molecule has 6 heteroatoms. The molecule has 1 heterocycles. The Morgan fingerprint density at radius 1 is 1.16 bits per heavy atom. The first-order chi connectivity index (χ1) is 12.0. The van der Waals surface area contributed by atoms with Crippen molar-refractivity contribution < 1.29 is 9.59 Å². The van der Waals surface area contributed by atoms with Crippen LogP contribution in [0.25, 0.3) is 0 Å². The number of benzene rings is 1. The first-order valence-electron chi connectivity index (χ1n) is 9.20. The smallest absolute Gasteiger partial charge is 0.269 e. The summed E-state index contributed by atoms with van der Waals surface area (Å²) in [6, 6.07) is 7.42. The molecule has 1 atom stereocenters. The van der Waals surface area contributed by atoms with Crippen molar-refractivity contribution in [3.63, 3.8) is 0 Å². The highest BCUT2D eigenvalue weighted by molar-refractivity contribution is 5.95. The third-order valence-corrected chi connectivity index (χ3v) is 4.68. The lowest BCUT2D eigenvalue weighted by Crippen LogP contribution is -2.48. The number of nitrogens with one attached hydrogen (secondary N) is 2. The first-order valence-corrected chi connectivity index (χ1v) is 9.20. The molecule has 1 saturated heterocycles. The summed E-state index contributed by atoms with van der Waals surface area (Å²) in [6.07, 6.45) is 2.35. The molecule has 1 fully saturated rings. The Labute approximate surface area is 150 Å². The average molecular weight is 346 g/mol. The number of amides is 2. The van der Waals surface area contributed by atoms with Crippen LogP contribution in [-0.4, -0.2) is 49.4 Å². The molecule has 1 unspecified atom stereocenters. The first kappa shape index (κ1) is 19.2. The molecule has 0 aromatic heterocycles. The number of nitrogens with zero attached hydrogens (tertiary/aromatic N) is 2. The number of hydrazine groups is 1. The maximum Gasteiger partial charge on any atom is 0.269 e. The fourth-order valence-electron chi connectivity index (χ4n) is 3.28. The quantitative estimate of drug-likeness (QED) is 0.774. The molecule has 1 aliphatic heterocycles. The van der Waals surface area contributed by atoms with Gasteiger partial charge in [0.05, 0.1) is 6.54 Å². The van der Waals surface area contributed by atoms with Gasteiger partial charge in [0.2, 0.25) is 0 Å². The zero-order chi connectivity index (χ0) is 18.2. The van der Waals surface area contributed by atoms with Crippen LogP contribution in [0.2, 0.25) is 0 Å². The zero-order valence-electron chi connectivity index (χ0n) is 15.5. The molecule has 6 nitrogen and oxygen atoms in total. The van der Waals surface area contributed by atoms with Crippen LogP contribution in [0.3, 0.4) is 0 Å². The van der Waals surface area contributed by atoms with Crippen LogP contribution in [0.15, 0.2) is 24.3 Å². The molecule has 0 bridgehead atoms. The van der Waals surface area contributed by atoms with E-state index in [4.69, 9.17) is 0 Å². The van der Waals surface area contributed by atoms with E-state index in [1.54, 1.807) is 12.1 Å². The summed E-state index contributed by atoms with van der Waals surface area (Å²) in [5.74, 6) is 0.147. The maximum atomic E-state index is 12.2. The Morgan fingerprint density at radius 3 is 2.44 bits per heavy atom. The monoisotopic (exact) mass is 346 g/mol. The molecule has 1 aliphatic rings. The van der Waals surface area contributed by atoms with Crippen molar-refractivity contribution in [2.75, 3.05) is 37.6 Å². The number of piperidine rings is 1.